The summed E-state index contributed by atoms with van der Waals surface area (Å²) >= 11 is 0. The number of esters is 1. The van der Waals surface area contributed by atoms with Crippen molar-refractivity contribution in [3.63, 3.8) is 0 Å². The van der Waals surface area contributed by atoms with Crippen LogP contribution in [0.2, 0.25) is 0 Å². The van der Waals surface area contributed by atoms with E-state index < -0.39 is 0 Å². The van der Waals surface area contributed by atoms with Gasteiger partial charge in [-0.2, -0.15) is 0 Å². The molecule has 0 fully saturated rings. The Morgan fingerprint density at radius 1 is 1.53 bits per heavy atom. The average Bonchev–Trinajstić information content (AvgIpc) is 2.17. The van der Waals surface area contributed by atoms with Crippen molar-refractivity contribution in [2.24, 2.45) is 0 Å². The van der Waals surface area contributed by atoms with Crippen molar-refractivity contribution >= 4 is 5.97 Å². The highest BCUT2D eigenvalue weighted by Gasteiger charge is 2.14. The molecular formula is C13H16O2. The van der Waals surface area contributed by atoms with Crippen LogP contribution in [0.3, 0.4) is 0 Å². The van der Waals surface area contributed by atoms with Crippen molar-refractivity contribution in [3.05, 3.63) is 48.0 Å². The van der Waals surface area contributed by atoms with Gasteiger partial charge in [0.15, 0.2) is 0 Å². The SMILES string of the molecule is C=CC[C@@H](OC(C)=O)c1ccccc1C. The predicted octanol–water partition coefficient (Wildman–Crippen LogP) is 3.18. The smallest absolute Gasteiger partial charge is 0.303 e. The molecule has 0 aliphatic rings. The summed E-state index contributed by atoms with van der Waals surface area (Å²) in [6.45, 7) is 7.11. The van der Waals surface area contributed by atoms with Crippen molar-refractivity contribution in [1.29, 1.82) is 0 Å². The topological polar surface area (TPSA) is 26.3 Å². The number of carbonyl (C=O) groups excluding carboxylic acids is 1. The van der Waals surface area contributed by atoms with E-state index in [2.05, 4.69) is 6.58 Å². The van der Waals surface area contributed by atoms with Crippen molar-refractivity contribution in [3.8, 4) is 0 Å². The molecule has 80 valence electrons. The largest absolute Gasteiger partial charge is 0.457 e. The van der Waals surface area contributed by atoms with Gasteiger partial charge in [-0.15, -0.1) is 6.58 Å². The summed E-state index contributed by atoms with van der Waals surface area (Å²) in [4.78, 5) is 11.0. The molecule has 0 saturated carbocycles. The van der Waals surface area contributed by atoms with E-state index in [0.29, 0.717) is 6.42 Å². The Morgan fingerprint density at radius 2 is 2.20 bits per heavy atom. The summed E-state index contributed by atoms with van der Waals surface area (Å²) in [6, 6.07) is 7.90. The fourth-order valence-electron chi connectivity index (χ4n) is 1.54. The van der Waals surface area contributed by atoms with Gasteiger partial charge in [-0.1, -0.05) is 30.3 Å². The number of hydrogen-bond donors (Lipinski definition) is 0. The number of benzene rings is 1. The second-order valence-corrected chi connectivity index (χ2v) is 3.48. The Kier molecular flexibility index (Phi) is 4.10. The minimum atomic E-state index is -0.259. The lowest BCUT2D eigenvalue weighted by Gasteiger charge is -2.17. The minimum absolute atomic E-state index is 0.207. The fourth-order valence-corrected chi connectivity index (χ4v) is 1.54. The zero-order chi connectivity index (χ0) is 11.3. The minimum Gasteiger partial charge on any atom is -0.457 e. The summed E-state index contributed by atoms with van der Waals surface area (Å²) in [5, 5.41) is 0. The fraction of sp³-hybridized carbons (Fsp3) is 0.308. The quantitative estimate of drug-likeness (QED) is 0.556. The van der Waals surface area contributed by atoms with Crippen molar-refractivity contribution in [2.75, 3.05) is 0 Å². The first-order chi connectivity index (χ1) is 7.15. The Hall–Kier alpha value is -1.57. The van der Waals surface area contributed by atoms with E-state index in [1.807, 2.05) is 31.2 Å². The predicted molar refractivity (Wildman–Crippen MR) is 60.5 cm³/mol. The van der Waals surface area contributed by atoms with Crippen LogP contribution in [0.25, 0.3) is 0 Å². The van der Waals surface area contributed by atoms with Crippen molar-refractivity contribution in [1.82, 2.24) is 0 Å². The molecule has 0 aromatic heterocycles. The maximum absolute atomic E-state index is 11.0. The molecule has 0 aliphatic heterocycles. The van der Waals surface area contributed by atoms with Crippen LogP contribution in [0.4, 0.5) is 0 Å². The lowest BCUT2D eigenvalue weighted by molar-refractivity contribution is -0.146. The van der Waals surface area contributed by atoms with Gasteiger partial charge in [-0.3, -0.25) is 4.79 Å². The van der Waals surface area contributed by atoms with Gasteiger partial charge < -0.3 is 4.74 Å². The van der Waals surface area contributed by atoms with E-state index in [9.17, 15) is 4.79 Å². The normalized spacial score (nSPS) is 11.9. The molecule has 0 aliphatic carbocycles. The zero-order valence-electron chi connectivity index (χ0n) is 9.19. The van der Waals surface area contributed by atoms with E-state index in [0.717, 1.165) is 11.1 Å². The Bertz CT molecular complexity index is 355. The lowest BCUT2D eigenvalue weighted by atomic mass is 10.0. The monoisotopic (exact) mass is 204 g/mol. The molecule has 0 amide bonds. The first-order valence-electron chi connectivity index (χ1n) is 4.98. The maximum Gasteiger partial charge on any atom is 0.303 e. The number of rotatable bonds is 4. The number of carbonyl (C=O) groups is 1. The highest BCUT2D eigenvalue weighted by molar-refractivity contribution is 5.66. The molecule has 2 nitrogen and oxygen atoms in total. The van der Waals surface area contributed by atoms with E-state index in [-0.39, 0.29) is 12.1 Å². The summed E-state index contributed by atoms with van der Waals surface area (Å²) in [7, 11) is 0. The molecule has 0 saturated heterocycles. The molecule has 0 unspecified atom stereocenters. The van der Waals surface area contributed by atoms with Crippen LogP contribution < -0.4 is 0 Å². The second-order valence-electron chi connectivity index (χ2n) is 3.48. The van der Waals surface area contributed by atoms with Gasteiger partial charge >= 0.3 is 5.97 Å². The Balaban J connectivity index is 2.92. The standard InChI is InChI=1S/C13H16O2/c1-4-7-13(15-11(3)14)12-9-6-5-8-10(12)2/h4-6,8-9,13H,1,7H2,2-3H3/t13-/m1/s1. The first kappa shape index (κ1) is 11.5. The van der Waals surface area contributed by atoms with Crippen LogP contribution in [0, 0.1) is 6.92 Å². The molecular weight excluding hydrogens is 188 g/mol. The highest BCUT2D eigenvalue weighted by atomic mass is 16.5. The molecule has 0 radical (unpaired) electrons. The third-order valence-corrected chi connectivity index (χ3v) is 2.22. The molecule has 0 heterocycles. The van der Waals surface area contributed by atoms with Gasteiger partial charge in [-0.25, -0.2) is 0 Å². The maximum atomic E-state index is 11.0. The van der Waals surface area contributed by atoms with E-state index in [4.69, 9.17) is 4.74 Å². The molecule has 1 atom stereocenters. The second kappa shape index (κ2) is 5.35. The summed E-state index contributed by atoms with van der Waals surface area (Å²) < 4.78 is 5.25. The van der Waals surface area contributed by atoms with Gasteiger partial charge in [0.25, 0.3) is 0 Å². The lowest BCUT2D eigenvalue weighted by Crippen LogP contribution is -2.09. The van der Waals surface area contributed by atoms with Gasteiger partial charge in [0.2, 0.25) is 0 Å². The van der Waals surface area contributed by atoms with Crippen molar-refractivity contribution in [2.45, 2.75) is 26.4 Å². The van der Waals surface area contributed by atoms with Gasteiger partial charge in [0.05, 0.1) is 0 Å². The molecule has 1 aromatic carbocycles. The van der Waals surface area contributed by atoms with Gasteiger partial charge in [0, 0.05) is 13.3 Å². The molecule has 0 N–H and O–H groups in total. The van der Waals surface area contributed by atoms with Crippen molar-refractivity contribution < 1.29 is 9.53 Å². The average molecular weight is 204 g/mol. The van der Waals surface area contributed by atoms with E-state index in [1.54, 1.807) is 6.08 Å². The Labute approximate surface area is 90.6 Å². The molecule has 1 aromatic rings. The summed E-state index contributed by atoms with van der Waals surface area (Å²) in [5.41, 5.74) is 2.18. The first-order valence-corrected chi connectivity index (χ1v) is 4.98. The van der Waals surface area contributed by atoms with Crippen LogP contribution in [0.15, 0.2) is 36.9 Å². The third-order valence-electron chi connectivity index (χ3n) is 2.22. The van der Waals surface area contributed by atoms with Crippen LogP contribution in [-0.2, 0) is 9.53 Å². The number of aryl methyl sites for hydroxylation is 1. The molecule has 1 rings (SSSR count). The van der Waals surface area contributed by atoms with Crippen LogP contribution >= 0.6 is 0 Å². The molecule has 15 heavy (non-hydrogen) atoms. The Morgan fingerprint density at radius 3 is 2.73 bits per heavy atom. The summed E-state index contributed by atoms with van der Waals surface area (Å²) in [6.07, 6.45) is 2.20. The third kappa shape index (κ3) is 3.24. The van der Waals surface area contributed by atoms with Crippen LogP contribution in [-0.4, -0.2) is 5.97 Å². The van der Waals surface area contributed by atoms with Crippen LogP contribution in [0.1, 0.15) is 30.6 Å². The van der Waals surface area contributed by atoms with Gasteiger partial charge in [-0.05, 0) is 18.1 Å². The highest BCUT2D eigenvalue weighted by Crippen LogP contribution is 2.24. The van der Waals surface area contributed by atoms with E-state index >= 15 is 0 Å². The van der Waals surface area contributed by atoms with E-state index in [1.165, 1.54) is 6.92 Å². The zero-order valence-corrected chi connectivity index (χ0v) is 9.19. The number of hydrogen-bond acceptors (Lipinski definition) is 2. The molecule has 2 heteroatoms. The van der Waals surface area contributed by atoms with Crippen LogP contribution in [0.5, 0.6) is 0 Å². The molecule has 0 bridgehead atoms. The van der Waals surface area contributed by atoms with Gasteiger partial charge in [0.1, 0.15) is 6.10 Å². The molecule has 0 spiro atoms. The summed E-state index contributed by atoms with van der Waals surface area (Å²) in [5.74, 6) is -0.259. The number of ether oxygens (including phenoxy) is 1.